The van der Waals surface area contributed by atoms with Crippen molar-refractivity contribution < 1.29 is 23.8 Å². The van der Waals surface area contributed by atoms with E-state index in [2.05, 4.69) is 25.1 Å². The SMILES string of the molecule is C#CCOc1ccc(C2C3=C(CC(C)(C)CO3)Nc3c(O)cccc3N2C(=O)Cc2ccccc2C)c(F)c1. The minimum atomic E-state index is -0.926. The molecular formula is C32H31FN2O4. The van der Waals surface area contributed by atoms with Crippen molar-refractivity contribution in [3.63, 3.8) is 0 Å². The highest BCUT2D eigenvalue weighted by Gasteiger charge is 2.42. The van der Waals surface area contributed by atoms with Crippen molar-refractivity contribution in [1.29, 1.82) is 0 Å². The molecule has 0 radical (unpaired) electrons. The first-order valence-electron chi connectivity index (χ1n) is 12.9. The third kappa shape index (κ3) is 5.15. The summed E-state index contributed by atoms with van der Waals surface area (Å²) < 4.78 is 27.6. The molecule has 0 saturated carbocycles. The van der Waals surface area contributed by atoms with Crippen LogP contribution < -0.4 is 15.0 Å². The fourth-order valence-corrected chi connectivity index (χ4v) is 5.15. The minimum absolute atomic E-state index is 0.00726. The second-order valence-corrected chi connectivity index (χ2v) is 10.7. The van der Waals surface area contributed by atoms with Gasteiger partial charge in [-0.1, -0.05) is 50.1 Å². The maximum absolute atomic E-state index is 15.9. The maximum Gasteiger partial charge on any atom is 0.232 e. The van der Waals surface area contributed by atoms with Crippen LogP contribution in [0, 0.1) is 30.5 Å². The zero-order chi connectivity index (χ0) is 27.7. The molecule has 0 aromatic heterocycles. The third-order valence-corrected chi connectivity index (χ3v) is 7.09. The number of terminal acetylenes is 1. The summed E-state index contributed by atoms with van der Waals surface area (Å²) in [6.07, 6.45) is 5.96. The standard InChI is InChI=1S/C32H31FN2O4/c1-5-15-38-22-13-14-23(24(33)17-22)30-31-25(18-32(3,4)19-39-31)34-29-26(11-8-12-27(29)36)35(30)28(37)16-21-10-7-6-9-20(21)2/h1,6-14,17,30,34,36H,15-16,18-19H2,2-4H3. The number of anilines is 2. The van der Waals surface area contributed by atoms with Gasteiger partial charge in [0.15, 0.2) is 0 Å². The lowest BCUT2D eigenvalue weighted by atomic mass is 9.85. The molecule has 0 saturated heterocycles. The highest BCUT2D eigenvalue weighted by Crippen LogP contribution is 2.50. The van der Waals surface area contributed by atoms with Gasteiger partial charge in [0.1, 0.15) is 41.4 Å². The Balaban J connectivity index is 1.71. The summed E-state index contributed by atoms with van der Waals surface area (Å²) in [6.45, 7) is 6.49. The largest absolute Gasteiger partial charge is 0.506 e. The Labute approximate surface area is 228 Å². The highest BCUT2D eigenvalue weighted by atomic mass is 19.1. The Hall–Kier alpha value is -4.44. The molecule has 200 valence electrons. The number of amides is 1. The molecule has 1 amide bonds. The van der Waals surface area contributed by atoms with Crippen molar-refractivity contribution in [3.8, 4) is 23.8 Å². The lowest BCUT2D eigenvalue weighted by Gasteiger charge is -2.38. The number of ether oxygens (including phenoxy) is 2. The Bertz CT molecular complexity index is 1500. The molecule has 0 aliphatic carbocycles. The van der Waals surface area contributed by atoms with Crippen LogP contribution in [-0.2, 0) is 16.0 Å². The zero-order valence-corrected chi connectivity index (χ0v) is 22.3. The Morgan fingerprint density at radius 1 is 1.23 bits per heavy atom. The van der Waals surface area contributed by atoms with Crippen LogP contribution in [0.3, 0.4) is 0 Å². The number of halogens is 1. The molecule has 0 fully saturated rings. The summed E-state index contributed by atoms with van der Waals surface area (Å²) in [5, 5.41) is 14.2. The van der Waals surface area contributed by atoms with E-state index in [0.717, 1.165) is 11.1 Å². The molecule has 1 atom stereocenters. The molecule has 2 N–H and O–H groups in total. The normalized spacial score (nSPS) is 17.6. The van der Waals surface area contributed by atoms with E-state index < -0.39 is 11.9 Å². The number of nitrogens with one attached hydrogen (secondary N) is 1. The van der Waals surface area contributed by atoms with Gasteiger partial charge in [0, 0.05) is 17.0 Å². The van der Waals surface area contributed by atoms with Crippen molar-refractivity contribution in [2.75, 3.05) is 23.4 Å². The van der Waals surface area contributed by atoms with Crippen LogP contribution >= 0.6 is 0 Å². The van der Waals surface area contributed by atoms with E-state index in [1.807, 2.05) is 31.2 Å². The van der Waals surface area contributed by atoms with Crippen LogP contribution in [0.2, 0.25) is 0 Å². The van der Waals surface area contributed by atoms with Gasteiger partial charge in [-0.15, -0.1) is 6.42 Å². The van der Waals surface area contributed by atoms with Crippen LogP contribution in [0.5, 0.6) is 11.5 Å². The monoisotopic (exact) mass is 526 g/mol. The molecule has 5 rings (SSSR count). The van der Waals surface area contributed by atoms with E-state index in [0.29, 0.717) is 35.9 Å². The van der Waals surface area contributed by atoms with Crippen LogP contribution in [-0.4, -0.2) is 24.2 Å². The number of rotatable bonds is 5. The topological polar surface area (TPSA) is 71.0 Å². The number of phenolic OH excluding ortho intramolecular Hbond substituents is 1. The second kappa shape index (κ2) is 10.4. The number of carbonyl (C=O) groups is 1. The quantitative estimate of drug-likeness (QED) is 0.304. The van der Waals surface area contributed by atoms with E-state index in [9.17, 15) is 9.90 Å². The number of nitrogens with zero attached hydrogens (tertiary/aromatic N) is 1. The fraction of sp³-hybridized carbons (Fsp3) is 0.281. The van der Waals surface area contributed by atoms with Gasteiger partial charge in [0.05, 0.1) is 24.4 Å². The molecule has 2 aliphatic rings. The Morgan fingerprint density at radius 3 is 2.77 bits per heavy atom. The Morgan fingerprint density at radius 2 is 2.03 bits per heavy atom. The number of fused-ring (bicyclic) bond motifs is 1. The molecule has 1 unspecified atom stereocenters. The molecule has 6 nitrogen and oxygen atoms in total. The smallest absolute Gasteiger partial charge is 0.232 e. The first-order chi connectivity index (χ1) is 18.7. The van der Waals surface area contributed by atoms with E-state index in [1.165, 1.54) is 11.0 Å². The van der Waals surface area contributed by atoms with Gasteiger partial charge in [0.2, 0.25) is 5.91 Å². The second-order valence-electron chi connectivity index (χ2n) is 10.7. The van der Waals surface area contributed by atoms with Gasteiger partial charge >= 0.3 is 0 Å². The average Bonchev–Trinajstić information content (AvgIpc) is 3.03. The van der Waals surface area contributed by atoms with Crippen LogP contribution in [0.15, 0.2) is 72.1 Å². The van der Waals surface area contributed by atoms with Crippen molar-refractivity contribution in [3.05, 3.63) is 94.6 Å². The molecule has 3 aromatic carbocycles. The number of para-hydroxylation sites is 1. The highest BCUT2D eigenvalue weighted by molar-refractivity contribution is 6.01. The van der Waals surface area contributed by atoms with Gasteiger partial charge in [-0.2, -0.15) is 0 Å². The minimum Gasteiger partial charge on any atom is -0.506 e. The molecule has 2 aliphatic heterocycles. The van der Waals surface area contributed by atoms with Crippen molar-refractivity contribution in [2.45, 2.75) is 39.7 Å². The van der Waals surface area contributed by atoms with E-state index in [4.69, 9.17) is 15.9 Å². The molecule has 39 heavy (non-hydrogen) atoms. The molecule has 0 bridgehead atoms. The van der Waals surface area contributed by atoms with Gasteiger partial charge in [-0.3, -0.25) is 9.69 Å². The van der Waals surface area contributed by atoms with Crippen LogP contribution in [0.25, 0.3) is 0 Å². The average molecular weight is 527 g/mol. The van der Waals surface area contributed by atoms with E-state index in [-0.39, 0.29) is 41.4 Å². The molecule has 7 heteroatoms. The molecule has 3 aromatic rings. The van der Waals surface area contributed by atoms with E-state index >= 15 is 4.39 Å². The number of hydrogen-bond acceptors (Lipinski definition) is 5. The first kappa shape index (κ1) is 26.2. The molecule has 2 heterocycles. The summed E-state index contributed by atoms with van der Waals surface area (Å²) in [6, 6.07) is 16.2. The van der Waals surface area contributed by atoms with Gasteiger partial charge in [-0.05, 0) is 48.7 Å². The van der Waals surface area contributed by atoms with Crippen molar-refractivity contribution in [1.82, 2.24) is 0 Å². The lowest BCUT2D eigenvalue weighted by molar-refractivity contribution is -0.118. The third-order valence-electron chi connectivity index (χ3n) is 7.09. The number of allylic oxidation sites excluding steroid dienone is 1. The summed E-state index contributed by atoms with van der Waals surface area (Å²) in [7, 11) is 0. The Kier molecular flexibility index (Phi) is 6.96. The summed E-state index contributed by atoms with van der Waals surface area (Å²) in [5.41, 5.74) is 3.36. The van der Waals surface area contributed by atoms with Gasteiger partial charge < -0.3 is 19.9 Å². The number of benzene rings is 3. The number of aryl methyl sites for hydroxylation is 1. The van der Waals surface area contributed by atoms with Crippen LogP contribution in [0.4, 0.5) is 15.8 Å². The van der Waals surface area contributed by atoms with Gasteiger partial charge in [0.25, 0.3) is 0 Å². The lowest BCUT2D eigenvalue weighted by Crippen LogP contribution is -2.39. The number of aromatic hydroxyl groups is 1. The predicted molar refractivity (Wildman–Crippen MR) is 149 cm³/mol. The van der Waals surface area contributed by atoms with E-state index in [1.54, 1.807) is 30.3 Å². The summed E-state index contributed by atoms with van der Waals surface area (Å²) in [5.74, 6) is 2.26. The van der Waals surface area contributed by atoms with Crippen molar-refractivity contribution >= 4 is 17.3 Å². The predicted octanol–water partition coefficient (Wildman–Crippen LogP) is 6.25. The number of phenols is 1. The zero-order valence-electron chi connectivity index (χ0n) is 22.3. The van der Waals surface area contributed by atoms with Crippen LogP contribution in [0.1, 0.15) is 43.0 Å². The first-order valence-corrected chi connectivity index (χ1v) is 12.9. The summed E-state index contributed by atoms with van der Waals surface area (Å²) in [4.78, 5) is 15.8. The number of hydrogen-bond donors (Lipinski definition) is 2. The molecule has 0 spiro atoms. The van der Waals surface area contributed by atoms with Crippen molar-refractivity contribution in [2.24, 2.45) is 5.41 Å². The molecular weight excluding hydrogens is 495 g/mol. The maximum atomic E-state index is 15.9. The summed E-state index contributed by atoms with van der Waals surface area (Å²) >= 11 is 0. The number of carbonyl (C=O) groups excluding carboxylic acids is 1. The van der Waals surface area contributed by atoms with Gasteiger partial charge in [-0.25, -0.2) is 4.39 Å². The fourth-order valence-electron chi connectivity index (χ4n) is 5.15.